The molecular formula is C9H13ClN2O4. The molecular weight excluding hydrogens is 236 g/mol. The summed E-state index contributed by atoms with van der Waals surface area (Å²) in [5.74, 6) is 0. The van der Waals surface area contributed by atoms with Gasteiger partial charge >= 0.3 is 5.69 Å². The number of aromatic nitrogens is 2. The molecule has 1 atom stereocenters. The molecule has 16 heavy (non-hydrogen) atoms. The molecule has 0 aromatic carbocycles. The lowest BCUT2D eigenvalue weighted by Gasteiger charge is -2.14. The number of methoxy groups -OCH3 is 2. The van der Waals surface area contributed by atoms with Crippen molar-refractivity contribution < 1.29 is 9.47 Å². The summed E-state index contributed by atoms with van der Waals surface area (Å²) in [6.07, 6.45) is -0.357. The third-order valence-electron chi connectivity index (χ3n) is 2.06. The van der Waals surface area contributed by atoms with Crippen LogP contribution in [0.1, 0.15) is 0 Å². The van der Waals surface area contributed by atoms with Crippen molar-refractivity contribution in [3.63, 3.8) is 0 Å². The molecule has 7 heteroatoms. The van der Waals surface area contributed by atoms with Crippen LogP contribution in [-0.4, -0.2) is 36.5 Å². The van der Waals surface area contributed by atoms with Crippen LogP contribution < -0.4 is 11.2 Å². The summed E-state index contributed by atoms with van der Waals surface area (Å²) < 4.78 is 11.0. The highest BCUT2D eigenvalue weighted by atomic mass is 35.5. The van der Waals surface area contributed by atoms with Gasteiger partial charge in [-0.3, -0.25) is 14.3 Å². The fourth-order valence-corrected chi connectivity index (χ4v) is 1.42. The number of nitrogens with one attached hydrogen (secondary N) is 1. The van der Waals surface area contributed by atoms with Crippen LogP contribution >= 0.6 is 11.6 Å². The molecule has 0 spiro atoms. The highest BCUT2D eigenvalue weighted by molar-refractivity contribution is 6.29. The highest BCUT2D eigenvalue weighted by Gasteiger charge is 2.11. The standard InChI is InChI=1S/C9H13ClN2O4/c1-15-5-6(16-2)4-12-8(13)3-7(10)11-9(12)14/h3,6H,4-5H2,1-2H3,(H,11,14). The summed E-state index contributed by atoms with van der Waals surface area (Å²) in [6.45, 7) is 0.417. The van der Waals surface area contributed by atoms with Gasteiger partial charge in [-0.25, -0.2) is 4.79 Å². The molecule has 0 aliphatic heterocycles. The number of halogens is 1. The van der Waals surface area contributed by atoms with Crippen LogP contribution in [0.2, 0.25) is 5.15 Å². The van der Waals surface area contributed by atoms with Crippen molar-refractivity contribution in [1.29, 1.82) is 0 Å². The van der Waals surface area contributed by atoms with E-state index in [1.54, 1.807) is 0 Å². The van der Waals surface area contributed by atoms with Gasteiger partial charge in [0.25, 0.3) is 5.56 Å². The Morgan fingerprint density at radius 1 is 1.50 bits per heavy atom. The SMILES string of the molecule is COCC(Cn1c(=O)cc(Cl)[nH]c1=O)OC. The molecule has 0 radical (unpaired) electrons. The van der Waals surface area contributed by atoms with Gasteiger partial charge in [-0.05, 0) is 0 Å². The zero-order chi connectivity index (χ0) is 12.1. The van der Waals surface area contributed by atoms with E-state index in [4.69, 9.17) is 21.1 Å². The molecule has 0 amide bonds. The number of hydrogen-bond donors (Lipinski definition) is 1. The van der Waals surface area contributed by atoms with Crippen molar-refractivity contribution >= 4 is 11.6 Å². The van der Waals surface area contributed by atoms with E-state index >= 15 is 0 Å². The van der Waals surface area contributed by atoms with E-state index in [2.05, 4.69) is 4.98 Å². The summed E-state index contributed by atoms with van der Waals surface area (Å²) >= 11 is 5.53. The van der Waals surface area contributed by atoms with Crippen molar-refractivity contribution in [3.05, 3.63) is 32.1 Å². The second kappa shape index (κ2) is 5.83. The zero-order valence-electron chi connectivity index (χ0n) is 9.03. The number of aromatic amines is 1. The first kappa shape index (κ1) is 13.0. The lowest BCUT2D eigenvalue weighted by molar-refractivity contribution is 0.0170. The van der Waals surface area contributed by atoms with Crippen molar-refractivity contribution in [2.75, 3.05) is 20.8 Å². The Bertz CT molecular complexity index is 422. The molecule has 0 bridgehead atoms. The summed E-state index contributed by atoms with van der Waals surface area (Å²) in [4.78, 5) is 25.2. The highest BCUT2D eigenvalue weighted by Crippen LogP contribution is 1.96. The predicted molar refractivity (Wildman–Crippen MR) is 59.0 cm³/mol. The van der Waals surface area contributed by atoms with E-state index < -0.39 is 11.2 Å². The van der Waals surface area contributed by atoms with E-state index in [1.165, 1.54) is 14.2 Å². The quantitative estimate of drug-likeness (QED) is 0.736. The molecule has 1 aromatic heterocycles. The molecule has 1 rings (SSSR count). The summed E-state index contributed by atoms with van der Waals surface area (Å²) in [5.41, 5.74) is -1.03. The first-order valence-corrected chi connectivity index (χ1v) is 4.97. The largest absolute Gasteiger partial charge is 0.382 e. The fraction of sp³-hybridized carbons (Fsp3) is 0.556. The van der Waals surface area contributed by atoms with Gasteiger partial charge in [0.1, 0.15) is 5.15 Å². The maximum absolute atomic E-state index is 11.5. The van der Waals surface area contributed by atoms with Crippen LogP contribution in [0, 0.1) is 0 Å². The molecule has 0 fully saturated rings. The van der Waals surface area contributed by atoms with Crippen molar-refractivity contribution in [2.24, 2.45) is 0 Å². The Morgan fingerprint density at radius 2 is 2.19 bits per heavy atom. The number of H-pyrrole nitrogens is 1. The third kappa shape index (κ3) is 3.19. The summed E-state index contributed by atoms with van der Waals surface area (Å²) in [5, 5.41) is 0.0203. The molecule has 90 valence electrons. The molecule has 6 nitrogen and oxygen atoms in total. The average molecular weight is 249 g/mol. The first-order chi connectivity index (χ1) is 7.58. The Balaban J connectivity index is 2.97. The number of ether oxygens (including phenoxy) is 2. The molecule has 1 unspecified atom stereocenters. The first-order valence-electron chi connectivity index (χ1n) is 4.60. The molecule has 0 aliphatic carbocycles. The number of rotatable bonds is 5. The summed E-state index contributed by atoms with van der Waals surface area (Å²) in [7, 11) is 3.00. The topological polar surface area (TPSA) is 73.3 Å². The van der Waals surface area contributed by atoms with Crippen LogP contribution in [0.15, 0.2) is 15.7 Å². The van der Waals surface area contributed by atoms with Gasteiger partial charge in [0.05, 0.1) is 19.3 Å². The second-order valence-electron chi connectivity index (χ2n) is 3.18. The lowest BCUT2D eigenvalue weighted by Crippen LogP contribution is -2.39. The minimum atomic E-state index is -0.560. The Morgan fingerprint density at radius 3 is 2.69 bits per heavy atom. The van der Waals surface area contributed by atoms with Crippen molar-refractivity contribution in [2.45, 2.75) is 12.6 Å². The van der Waals surface area contributed by atoms with Crippen LogP contribution in [0.4, 0.5) is 0 Å². The smallest absolute Gasteiger partial charge is 0.329 e. The van der Waals surface area contributed by atoms with E-state index in [0.29, 0.717) is 6.61 Å². The minimum absolute atomic E-state index is 0.0203. The normalized spacial score (nSPS) is 12.7. The minimum Gasteiger partial charge on any atom is -0.382 e. The fourth-order valence-electron chi connectivity index (χ4n) is 1.25. The molecule has 0 saturated heterocycles. The Kier molecular flexibility index (Phi) is 4.72. The monoisotopic (exact) mass is 248 g/mol. The van der Waals surface area contributed by atoms with Gasteiger partial charge in [-0.15, -0.1) is 0 Å². The third-order valence-corrected chi connectivity index (χ3v) is 2.26. The predicted octanol–water partition coefficient (Wildman–Crippen LogP) is -0.149. The van der Waals surface area contributed by atoms with Gasteiger partial charge in [-0.2, -0.15) is 0 Å². The van der Waals surface area contributed by atoms with Crippen LogP contribution in [-0.2, 0) is 16.0 Å². The van der Waals surface area contributed by atoms with Gasteiger partial charge < -0.3 is 9.47 Å². The van der Waals surface area contributed by atoms with E-state index in [0.717, 1.165) is 10.6 Å². The van der Waals surface area contributed by atoms with E-state index in [9.17, 15) is 9.59 Å². The zero-order valence-corrected chi connectivity index (χ0v) is 9.78. The summed E-state index contributed by atoms with van der Waals surface area (Å²) in [6, 6.07) is 1.14. The average Bonchev–Trinajstić information content (AvgIpc) is 2.21. The van der Waals surface area contributed by atoms with Gasteiger partial charge in [0.2, 0.25) is 0 Å². The van der Waals surface area contributed by atoms with Crippen LogP contribution in [0.25, 0.3) is 0 Å². The van der Waals surface area contributed by atoms with Gasteiger partial charge in [0.15, 0.2) is 0 Å². The molecule has 0 aliphatic rings. The number of hydrogen-bond acceptors (Lipinski definition) is 4. The Labute approximate surface area is 96.8 Å². The van der Waals surface area contributed by atoms with Crippen LogP contribution in [0.5, 0.6) is 0 Å². The molecule has 1 N–H and O–H groups in total. The molecule has 1 heterocycles. The second-order valence-corrected chi connectivity index (χ2v) is 3.59. The Hall–Kier alpha value is -1.11. The van der Waals surface area contributed by atoms with Crippen molar-refractivity contribution in [1.82, 2.24) is 9.55 Å². The molecule has 1 aromatic rings. The van der Waals surface area contributed by atoms with Crippen molar-refractivity contribution in [3.8, 4) is 0 Å². The van der Waals surface area contributed by atoms with Crippen LogP contribution in [0.3, 0.4) is 0 Å². The maximum atomic E-state index is 11.5. The van der Waals surface area contributed by atoms with Gasteiger partial charge in [0, 0.05) is 20.3 Å². The van der Waals surface area contributed by atoms with Gasteiger partial charge in [-0.1, -0.05) is 11.6 Å². The lowest BCUT2D eigenvalue weighted by atomic mass is 10.3. The maximum Gasteiger partial charge on any atom is 0.329 e. The molecule has 0 saturated carbocycles. The van der Waals surface area contributed by atoms with E-state index in [1.807, 2.05) is 0 Å². The number of nitrogens with zero attached hydrogens (tertiary/aromatic N) is 1. The van der Waals surface area contributed by atoms with E-state index in [-0.39, 0.29) is 17.8 Å².